The van der Waals surface area contributed by atoms with Gasteiger partial charge in [-0.3, -0.25) is 19.9 Å². The second kappa shape index (κ2) is 15.8. The molecule has 1 aliphatic heterocycles. The van der Waals surface area contributed by atoms with Gasteiger partial charge in [-0.2, -0.15) is 0 Å². The highest BCUT2D eigenvalue weighted by Crippen LogP contribution is 2.43. The summed E-state index contributed by atoms with van der Waals surface area (Å²) in [6.45, 7) is 6.16. The van der Waals surface area contributed by atoms with Crippen LogP contribution >= 0.6 is 23.2 Å². The first kappa shape index (κ1) is 38.8. The molecule has 0 spiro atoms. The largest absolute Gasteiger partial charge is 0.496 e. The lowest BCUT2D eigenvalue weighted by Gasteiger charge is -2.29. The molecule has 1 aliphatic carbocycles. The van der Waals surface area contributed by atoms with Crippen molar-refractivity contribution in [2.45, 2.75) is 76.7 Å². The number of hydrogen-bond donors (Lipinski definition) is 3. The van der Waals surface area contributed by atoms with Crippen molar-refractivity contribution < 1.29 is 33.7 Å². The lowest BCUT2D eigenvalue weighted by atomic mass is 9.99. The van der Waals surface area contributed by atoms with E-state index in [-0.39, 0.29) is 25.0 Å². The predicted molar refractivity (Wildman–Crippen MR) is 206 cm³/mol. The Labute approximate surface area is 324 Å². The van der Waals surface area contributed by atoms with Crippen molar-refractivity contribution in [2.75, 3.05) is 20.8 Å². The van der Waals surface area contributed by atoms with Crippen LogP contribution in [0.1, 0.15) is 57.6 Å². The minimum Gasteiger partial charge on any atom is -0.496 e. The first-order chi connectivity index (χ1) is 25.7. The van der Waals surface area contributed by atoms with Gasteiger partial charge in [0.2, 0.25) is 11.8 Å². The molecule has 1 atom stereocenters. The van der Waals surface area contributed by atoms with Crippen LogP contribution in [0.3, 0.4) is 0 Å². The van der Waals surface area contributed by atoms with Crippen LogP contribution in [0.15, 0.2) is 60.8 Å². The van der Waals surface area contributed by atoms with Crippen LogP contribution in [-0.2, 0) is 27.4 Å². The Morgan fingerprint density at radius 3 is 2.37 bits per heavy atom. The lowest BCUT2D eigenvalue weighted by molar-refractivity contribution is -0.140. The average molecular weight is 777 g/mol. The van der Waals surface area contributed by atoms with E-state index in [1.807, 2.05) is 48.5 Å². The van der Waals surface area contributed by atoms with Crippen LogP contribution in [-0.4, -0.2) is 75.9 Å². The zero-order chi connectivity index (χ0) is 38.8. The maximum Gasteiger partial charge on any atom is 0.410 e. The molecule has 0 radical (unpaired) electrons. The van der Waals surface area contributed by atoms with E-state index in [0.29, 0.717) is 93.1 Å². The second-order valence-corrected chi connectivity index (χ2v) is 15.2. The smallest absolute Gasteiger partial charge is 0.410 e. The van der Waals surface area contributed by atoms with Crippen LogP contribution in [0.4, 0.5) is 4.79 Å². The van der Waals surface area contributed by atoms with Gasteiger partial charge in [-0.25, -0.2) is 9.78 Å². The molecule has 2 aromatic heterocycles. The maximum absolute atomic E-state index is 13.3. The van der Waals surface area contributed by atoms with Crippen LogP contribution < -0.4 is 20.1 Å². The van der Waals surface area contributed by atoms with Crippen molar-refractivity contribution in [2.24, 2.45) is 0 Å². The van der Waals surface area contributed by atoms with Crippen molar-refractivity contribution in [1.82, 2.24) is 25.5 Å². The van der Waals surface area contributed by atoms with E-state index in [2.05, 4.69) is 15.6 Å². The Balaban J connectivity index is 1.27. The molecular formula is C40H43Cl2N5O7. The number of halogens is 2. The van der Waals surface area contributed by atoms with Gasteiger partial charge < -0.3 is 29.5 Å². The molecule has 54 heavy (non-hydrogen) atoms. The summed E-state index contributed by atoms with van der Waals surface area (Å²) in [6.07, 6.45) is 3.37. The number of nitrogens with one attached hydrogen (secondary N) is 2. The van der Waals surface area contributed by atoms with Crippen LogP contribution in [0.5, 0.6) is 11.6 Å². The van der Waals surface area contributed by atoms with Gasteiger partial charge in [0.1, 0.15) is 16.9 Å². The van der Waals surface area contributed by atoms with Crippen molar-refractivity contribution in [3.63, 3.8) is 0 Å². The minimum atomic E-state index is -0.877. The average Bonchev–Trinajstić information content (AvgIpc) is 3.83. The topological polar surface area (TPSA) is 152 Å². The summed E-state index contributed by atoms with van der Waals surface area (Å²) < 4.78 is 17.1. The Hall–Kier alpha value is -4.91. The molecule has 0 unspecified atom stereocenters. The normalized spacial score (nSPS) is 16.1. The number of benzene rings is 2. The quantitative estimate of drug-likeness (QED) is 0.124. The van der Waals surface area contributed by atoms with Crippen LogP contribution in [0.2, 0.25) is 10.0 Å². The first-order valence-corrected chi connectivity index (χ1v) is 18.4. The van der Waals surface area contributed by atoms with Crippen molar-refractivity contribution in [3.8, 4) is 45.3 Å². The highest BCUT2D eigenvalue weighted by Gasteiger charge is 2.50. The number of methoxy groups -OCH3 is 2. The number of ether oxygens (including phenoxy) is 3. The number of nitrogens with zero attached hydrogens (tertiary/aromatic N) is 3. The predicted octanol–water partition coefficient (Wildman–Crippen LogP) is 7.52. The number of aromatic nitrogens is 2. The molecule has 0 bridgehead atoms. The number of carboxylic acid groups (broad SMARTS) is 1. The van der Waals surface area contributed by atoms with Crippen LogP contribution in [0, 0.1) is 0 Å². The molecule has 1 saturated carbocycles. The fourth-order valence-corrected chi connectivity index (χ4v) is 7.06. The van der Waals surface area contributed by atoms with E-state index in [9.17, 15) is 19.5 Å². The molecule has 2 aliphatic rings. The third-order valence-electron chi connectivity index (χ3n) is 9.46. The summed E-state index contributed by atoms with van der Waals surface area (Å²) in [6, 6.07) is 16.4. The molecule has 6 rings (SSSR count). The number of carboxylic acids is 1. The molecular weight excluding hydrogens is 733 g/mol. The number of pyridine rings is 2. The highest BCUT2D eigenvalue weighted by atomic mass is 35.5. The van der Waals surface area contributed by atoms with Crippen LogP contribution in [0.25, 0.3) is 33.6 Å². The number of aliphatic carboxylic acids is 1. The van der Waals surface area contributed by atoms with Crippen molar-refractivity contribution in [1.29, 1.82) is 0 Å². The second-order valence-electron chi connectivity index (χ2n) is 14.5. The zero-order valence-electron chi connectivity index (χ0n) is 30.8. The van der Waals surface area contributed by atoms with Crippen molar-refractivity contribution >= 4 is 41.2 Å². The van der Waals surface area contributed by atoms with E-state index >= 15 is 0 Å². The van der Waals surface area contributed by atoms with Gasteiger partial charge >= 0.3 is 12.1 Å². The molecule has 284 valence electrons. The van der Waals surface area contributed by atoms with E-state index in [1.54, 1.807) is 45.0 Å². The molecule has 12 nitrogen and oxygen atoms in total. The summed E-state index contributed by atoms with van der Waals surface area (Å²) in [5.74, 6) is -0.00596. The molecule has 2 amide bonds. The minimum absolute atomic E-state index is 0.0411. The summed E-state index contributed by atoms with van der Waals surface area (Å²) >= 11 is 14.2. The summed E-state index contributed by atoms with van der Waals surface area (Å²) in [5, 5.41) is 16.4. The van der Waals surface area contributed by atoms with Gasteiger partial charge in [-0.1, -0.05) is 53.5 Å². The monoisotopic (exact) mass is 775 g/mol. The zero-order valence-corrected chi connectivity index (χ0v) is 32.3. The van der Waals surface area contributed by atoms with Crippen molar-refractivity contribution in [3.05, 3.63) is 82.0 Å². The fourth-order valence-electron chi connectivity index (χ4n) is 6.42. The maximum atomic E-state index is 13.3. The molecule has 1 saturated heterocycles. The van der Waals surface area contributed by atoms with Gasteiger partial charge in [0.05, 0.1) is 42.2 Å². The molecule has 4 aromatic rings. The highest BCUT2D eigenvalue weighted by molar-refractivity contribution is 6.39. The SMILES string of the molecule is COc1cc(-c2nccc(-c3cccc(-c4ccc(CN(C[C@@H]5CCC(=O)N5)C(=O)OC(C)(C)C)c(OC)n4)c3Cl)c2Cl)ccc1CNC1(C(=O)O)CC1. The van der Waals surface area contributed by atoms with E-state index in [1.165, 1.54) is 7.11 Å². The molecule has 2 aromatic carbocycles. The number of carbonyl (C=O) groups is 3. The molecule has 3 N–H and O–H groups in total. The third-order valence-corrected chi connectivity index (χ3v) is 10.3. The summed E-state index contributed by atoms with van der Waals surface area (Å²) in [7, 11) is 3.08. The Kier molecular flexibility index (Phi) is 11.4. The first-order valence-electron chi connectivity index (χ1n) is 17.6. The van der Waals surface area contributed by atoms with Gasteiger partial charge in [-0.05, 0) is 64.3 Å². The van der Waals surface area contributed by atoms with Gasteiger partial charge in [0.25, 0.3) is 0 Å². The fraction of sp³-hybridized carbons (Fsp3) is 0.375. The third kappa shape index (κ3) is 8.56. The molecule has 2 fully saturated rings. The standard InChI is InChI=1S/C40H43Cl2N5O7/c1-39(2,3)54-38(51)47(22-26-12-14-32(48)45-26)21-25-11-13-30(46-36(25)53-5)29-8-6-7-27(33(29)41)28-15-18-43-35(34(28)42)23-9-10-24(31(19-23)52-4)20-44-40(16-17-40)37(49)50/h6-11,13,15,18-19,26,44H,12,14,16-17,20-22H2,1-5H3,(H,45,48)(H,49,50)/t26-/m0/s1. The van der Waals surface area contributed by atoms with Gasteiger partial charge in [-0.15, -0.1) is 0 Å². The van der Waals surface area contributed by atoms with E-state index in [4.69, 9.17) is 42.4 Å². The molecule has 14 heteroatoms. The molecule has 3 heterocycles. The number of rotatable bonds is 13. The number of carbonyl (C=O) groups excluding carboxylic acids is 2. The van der Waals surface area contributed by atoms with Gasteiger partial charge in [0.15, 0.2) is 0 Å². The Morgan fingerprint density at radius 2 is 1.72 bits per heavy atom. The number of amides is 2. The van der Waals surface area contributed by atoms with Gasteiger partial charge in [0, 0.05) is 65.1 Å². The lowest BCUT2D eigenvalue weighted by Crippen LogP contribution is -2.43. The van der Waals surface area contributed by atoms with E-state index < -0.39 is 23.2 Å². The number of hydrogen-bond acceptors (Lipinski definition) is 9. The van der Waals surface area contributed by atoms with E-state index in [0.717, 1.165) is 5.56 Å². The Morgan fingerprint density at radius 1 is 1.00 bits per heavy atom. The Bertz CT molecular complexity index is 2080. The summed E-state index contributed by atoms with van der Waals surface area (Å²) in [5.41, 5.74) is 3.62. The summed E-state index contributed by atoms with van der Waals surface area (Å²) in [4.78, 5) is 47.7.